The first-order chi connectivity index (χ1) is 12.2. The van der Waals surface area contributed by atoms with Gasteiger partial charge in [0.2, 0.25) is 0 Å². The molecule has 0 saturated heterocycles. The first-order valence-electron chi connectivity index (χ1n) is 7.66. The predicted molar refractivity (Wildman–Crippen MR) is 90.0 cm³/mol. The summed E-state index contributed by atoms with van der Waals surface area (Å²) >= 11 is 0. The van der Waals surface area contributed by atoms with Crippen LogP contribution in [0.2, 0.25) is 0 Å². The normalized spacial score (nSPS) is 11.3. The fourth-order valence-corrected chi connectivity index (χ4v) is 2.82. The van der Waals surface area contributed by atoms with E-state index in [1.54, 1.807) is 40.0 Å². The van der Waals surface area contributed by atoms with Gasteiger partial charge in [-0.05, 0) is 24.3 Å². The van der Waals surface area contributed by atoms with Crippen molar-refractivity contribution in [3.63, 3.8) is 0 Å². The predicted octanol–water partition coefficient (Wildman–Crippen LogP) is 1.71. The van der Waals surface area contributed by atoms with Crippen molar-refractivity contribution in [1.29, 1.82) is 0 Å². The molecule has 8 heteroatoms. The number of rotatable bonds is 4. The van der Waals surface area contributed by atoms with E-state index in [9.17, 15) is 9.18 Å². The summed E-state index contributed by atoms with van der Waals surface area (Å²) in [5.41, 5.74) is 2.30. The first kappa shape index (κ1) is 15.3. The van der Waals surface area contributed by atoms with Crippen LogP contribution in [0, 0.1) is 5.82 Å². The van der Waals surface area contributed by atoms with Crippen LogP contribution in [0.4, 0.5) is 4.39 Å². The molecule has 0 saturated carbocycles. The Bertz CT molecular complexity index is 1090. The maximum atomic E-state index is 13.2. The summed E-state index contributed by atoms with van der Waals surface area (Å²) in [6.07, 6.45) is 6.50. The van der Waals surface area contributed by atoms with Crippen molar-refractivity contribution in [3.8, 4) is 16.8 Å². The number of H-pyrrole nitrogens is 1. The molecule has 3 aromatic heterocycles. The zero-order valence-electron chi connectivity index (χ0n) is 13.1. The number of aliphatic hydroxyl groups excluding tert-OH is 1. The van der Waals surface area contributed by atoms with Crippen LogP contribution in [0.15, 0.2) is 54.0 Å². The lowest BCUT2D eigenvalue weighted by molar-refractivity contribution is 0.269. The van der Waals surface area contributed by atoms with Crippen molar-refractivity contribution in [1.82, 2.24) is 24.3 Å². The van der Waals surface area contributed by atoms with E-state index in [2.05, 4.69) is 15.1 Å². The summed E-state index contributed by atoms with van der Waals surface area (Å²) < 4.78 is 16.6. The van der Waals surface area contributed by atoms with Crippen molar-refractivity contribution in [2.24, 2.45) is 0 Å². The molecule has 0 aliphatic carbocycles. The largest absolute Gasteiger partial charge is 0.394 e. The van der Waals surface area contributed by atoms with Gasteiger partial charge in [-0.3, -0.25) is 9.48 Å². The molecule has 25 heavy (non-hydrogen) atoms. The van der Waals surface area contributed by atoms with Crippen LogP contribution in [0.1, 0.15) is 0 Å². The molecule has 0 spiro atoms. The van der Waals surface area contributed by atoms with Gasteiger partial charge in [0.1, 0.15) is 5.82 Å². The van der Waals surface area contributed by atoms with Crippen molar-refractivity contribution in [2.45, 2.75) is 6.54 Å². The highest BCUT2D eigenvalue weighted by Crippen LogP contribution is 2.29. The molecule has 1 aromatic carbocycles. The molecule has 0 radical (unpaired) electrons. The number of halogens is 1. The number of nitrogens with one attached hydrogen (secondary N) is 1. The molecule has 3 heterocycles. The summed E-state index contributed by atoms with van der Waals surface area (Å²) in [6, 6.07) is 5.95. The van der Waals surface area contributed by atoms with E-state index in [1.807, 2.05) is 0 Å². The molecule has 2 N–H and O–H groups in total. The highest BCUT2D eigenvalue weighted by molar-refractivity contribution is 5.94. The van der Waals surface area contributed by atoms with Gasteiger partial charge >= 0.3 is 0 Å². The Hall–Kier alpha value is -3.26. The van der Waals surface area contributed by atoms with Crippen LogP contribution in [0.25, 0.3) is 27.8 Å². The highest BCUT2D eigenvalue weighted by Gasteiger charge is 2.17. The van der Waals surface area contributed by atoms with E-state index in [4.69, 9.17) is 5.11 Å². The van der Waals surface area contributed by atoms with Gasteiger partial charge in [0.25, 0.3) is 5.56 Å². The Morgan fingerprint density at radius 1 is 1.20 bits per heavy atom. The fraction of sp³-hybridized carbons (Fsp3) is 0.118. The van der Waals surface area contributed by atoms with Gasteiger partial charge in [-0.1, -0.05) is 0 Å². The van der Waals surface area contributed by atoms with E-state index in [0.29, 0.717) is 28.8 Å². The quantitative estimate of drug-likeness (QED) is 0.592. The highest BCUT2D eigenvalue weighted by atomic mass is 19.1. The summed E-state index contributed by atoms with van der Waals surface area (Å²) in [4.78, 5) is 19.2. The summed E-state index contributed by atoms with van der Waals surface area (Å²) in [7, 11) is 0. The van der Waals surface area contributed by atoms with Crippen LogP contribution >= 0.6 is 0 Å². The SMILES string of the molecule is O=c1[nH]cnc2c1c(-c1cnn(CCO)c1)cn2-c1ccc(F)cc1. The van der Waals surface area contributed by atoms with Crippen molar-refractivity contribution < 1.29 is 9.50 Å². The third kappa shape index (κ3) is 2.62. The molecule has 0 aliphatic rings. The van der Waals surface area contributed by atoms with Crippen LogP contribution in [0.3, 0.4) is 0 Å². The topological polar surface area (TPSA) is 88.7 Å². The van der Waals surface area contributed by atoms with E-state index in [-0.39, 0.29) is 18.0 Å². The van der Waals surface area contributed by atoms with Crippen molar-refractivity contribution >= 4 is 11.0 Å². The fourth-order valence-electron chi connectivity index (χ4n) is 2.82. The smallest absolute Gasteiger partial charge is 0.260 e. The van der Waals surface area contributed by atoms with Gasteiger partial charge in [0.15, 0.2) is 5.65 Å². The maximum absolute atomic E-state index is 13.2. The van der Waals surface area contributed by atoms with E-state index < -0.39 is 0 Å². The number of benzene rings is 1. The molecule has 4 aromatic rings. The van der Waals surface area contributed by atoms with Crippen molar-refractivity contribution in [3.05, 3.63) is 65.4 Å². The molecule has 126 valence electrons. The van der Waals surface area contributed by atoms with E-state index >= 15 is 0 Å². The van der Waals surface area contributed by atoms with Crippen LogP contribution in [0.5, 0.6) is 0 Å². The van der Waals surface area contributed by atoms with Gasteiger partial charge < -0.3 is 14.7 Å². The lowest BCUT2D eigenvalue weighted by atomic mass is 10.1. The number of aromatic nitrogens is 5. The minimum atomic E-state index is -0.337. The zero-order valence-corrected chi connectivity index (χ0v) is 13.1. The molecule has 0 atom stereocenters. The van der Waals surface area contributed by atoms with Gasteiger partial charge in [-0.15, -0.1) is 0 Å². The summed E-state index contributed by atoms with van der Waals surface area (Å²) in [6.45, 7) is 0.339. The Balaban J connectivity index is 1.95. The lowest BCUT2D eigenvalue weighted by Gasteiger charge is -2.03. The zero-order chi connectivity index (χ0) is 17.4. The minimum Gasteiger partial charge on any atom is -0.394 e. The second kappa shape index (κ2) is 5.99. The number of hydrogen-bond acceptors (Lipinski definition) is 4. The van der Waals surface area contributed by atoms with Crippen molar-refractivity contribution in [2.75, 3.05) is 6.61 Å². The van der Waals surface area contributed by atoms with Crippen LogP contribution in [-0.2, 0) is 6.54 Å². The Morgan fingerprint density at radius 2 is 2.00 bits per heavy atom. The van der Waals surface area contributed by atoms with Crippen LogP contribution < -0.4 is 5.56 Å². The maximum Gasteiger partial charge on any atom is 0.260 e. The lowest BCUT2D eigenvalue weighted by Crippen LogP contribution is -2.07. The Morgan fingerprint density at radius 3 is 2.76 bits per heavy atom. The molecular weight excluding hydrogens is 325 g/mol. The molecule has 4 rings (SSSR count). The number of nitrogens with zero attached hydrogens (tertiary/aromatic N) is 4. The van der Waals surface area contributed by atoms with E-state index in [0.717, 1.165) is 5.56 Å². The second-order valence-electron chi connectivity index (χ2n) is 5.54. The van der Waals surface area contributed by atoms with Gasteiger partial charge in [-0.25, -0.2) is 9.37 Å². The number of aliphatic hydroxyl groups is 1. The molecule has 0 bridgehead atoms. The first-order valence-corrected chi connectivity index (χ1v) is 7.66. The van der Waals surface area contributed by atoms with Gasteiger partial charge in [0, 0.05) is 29.2 Å². The standard InChI is InChI=1S/C17H14FN5O2/c18-12-1-3-13(4-2-12)23-9-14(11-7-21-22(8-11)5-6-24)15-16(23)19-10-20-17(15)25/h1-4,7-10,24H,5-6H2,(H,19,20,25). The second-order valence-corrected chi connectivity index (χ2v) is 5.54. The molecule has 0 aliphatic heterocycles. The Kier molecular flexibility index (Phi) is 3.66. The molecular formula is C17H14FN5O2. The molecule has 7 nitrogen and oxygen atoms in total. The average molecular weight is 339 g/mol. The molecule has 0 amide bonds. The summed E-state index contributed by atoms with van der Waals surface area (Å²) in [5, 5.41) is 13.6. The molecule has 0 fully saturated rings. The average Bonchev–Trinajstić information content (AvgIpc) is 3.21. The van der Waals surface area contributed by atoms with E-state index in [1.165, 1.54) is 18.5 Å². The number of aromatic amines is 1. The van der Waals surface area contributed by atoms with Gasteiger partial charge in [0.05, 0.1) is 31.1 Å². The monoisotopic (exact) mass is 339 g/mol. The van der Waals surface area contributed by atoms with Gasteiger partial charge in [-0.2, -0.15) is 5.10 Å². The number of hydrogen-bond donors (Lipinski definition) is 2. The Labute approximate surface area is 141 Å². The van der Waals surface area contributed by atoms with Crippen LogP contribution in [-0.4, -0.2) is 36.0 Å². The summed E-state index contributed by atoms with van der Waals surface area (Å²) in [5.74, 6) is -0.337. The number of fused-ring (bicyclic) bond motifs is 1. The third-order valence-electron chi connectivity index (χ3n) is 3.97. The third-order valence-corrected chi connectivity index (χ3v) is 3.97. The minimum absolute atomic E-state index is 0.0272. The molecule has 0 unspecified atom stereocenters.